The second kappa shape index (κ2) is 9.23. The van der Waals surface area contributed by atoms with E-state index in [-0.39, 0.29) is 17.6 Å². The zero-order chi connectivity index (χ0) is 20.8. The number of aryl methyl sites for hydroxylation is 1. The monoisotopic (exact) mass is 394 g/mol. The van der Waals surface area contributed by atoms with Crippen LogP contribution in [0.4, 0.5) is 0 Å². The van der Waals surface area contributed by atoms with Crippen LogP contribution in [0.3, 0.4) is 0 Å². The van der Waals surface area contributed by atoms with Crippen molar-refractivity contribution in [2.45, 2.75) is 33.2 Å². The summed E-state index contributed by atoms with van der Waals surface area (Å²) < 4.78 is 6.95. The van der Waals surface area contributed by atoms with E-state index in [9.17, 15) is 9.59 Å². The number of para-hydroxylation sites is 1. The molecular weight excluding hydrogens is 368 g/mol. The summed E-state index contributed by atoms with van der Waals surface area (Å²) in [6.07, 6.45) is 2.38. The normalized spacial score (nSPS) is 10.7. The minimum absolute atomic E-state index is 0.0310. The molecule has 2 heterocycles. The SMILES string of the molecule is Cc1nn(-c2ccccc2)c(C)c1CN(C)C(=O)CCCNC(=O)c1ccco1. The van der Waals surface area contributed by atoms with E-state index in [1.54, 1.807) is 24.1 Å². The van der Waals surface area contributed by atoms with Gasteiger partial charge in [0.1, 0.15) is 0 Å². The lowest BCUT2D eigenvalue weighted by molar-refractivity contribution is -0.130. The molecule has 0 aliphatic rings. The molecule has 2 aromatic heterocycles. The van der Waals surface area contributed by atoms with Gasteiger partial charge in [0.25, 0.3) is 5.91 Å². The van der Waals surface area contributed by atoms with Crippen molar-refractivity contribution in [1.82, 2.24) is 20.0 Å². The maximum Gasteiger partial charge on any atom is 0.286 e. The second-order valence-electron chi connectivity index (χ2n) is 6.98. The van der Waals surface area contributed by atoms with Crippen LogP contribution in [0.2, 0.25) is 0 Å². The van der Waals surface area contributed by atoms with Crippen LogP contribution in [0.1, 0.15) is 40.3 Å². The molecule has 0 radical (unpaired) electrons. The zero-order valence-electron chi connectivity index (χ0n) is 17.0. The summed E-state index contributed by atoms with van der Waals surface area (Å²) in [5.74, 6) is 0.0358. The van der Waals surface area contributed by atoms with Crippen LogP contribution in [0.5, 0.6) is 0 Å². The molecule has 1 N–H and O–H groups in total. The molecule has 0 fully saturated rings. The van der Waals surface area contributed by atoms with E-state index in [2.05, 4.69) is 10.4 Å². The van der Waals surface area contributed by atoms with E-state index >= 15 is 0 Å². The van der Waals surface area contributed by atoms with Gasteiger partial charge in [-0.2, -0.15) is 5.10 Å². The predicted molar refractivity (Wildman–Crippen MR) is 110 cm³/mol. The quantitative estimate of drug-likeness (QED) is 0.595. The van der Waals surface area contributed by atoms with Gasteiger partial charge in [-0.3, -0.25) is 9.59 Å². The molecule has 0 aliphatic carbocycles. The van der Waals surface area contributed by atoms with E-state index in [0.29, 0.717) is 25.9 Å². The third kappa shape index (κ3) is 4.93. The number of amides is 2. The topological polar surface area (TPSA) is 80.4 Å². The summed E-state index contributed by atoms with van der Waals surface area (Å²) in [5.41, 5.74) is 3.99. The van der Waals surface area contributed by atoms with E-state index in [4.69, 9.17) is 4.42 Å². The Morgan fingerprint density at radius 1 is 1.14 bits per heavy atom. The Balaban J connectivity index is 1.52. The van der Waals surface area contributed by atoms with E-state index in [1.807, 2.05) is 48.9 Å². The molecule has 29 heavy (non-hydrogen) atoms. The molecule has 0 spiro atoms. The summed E-state index contributed by atoms with van der Waals surface area (Å²) in [6.45, 7) is 4.90. The molecule has 0 bridgehead atoms. The minimum atomic E-state index is -0.268. The van der Waals surface area contributed by atoms with E-state index in [1.165, 1.54) is 6.26 Å². The van der Waals surface area contributed by atoms with Crippen LogP contribution >= 0.6 is 0 Å². The molecule has 2 amide bonds. The summed E-state index contributed by atoms with van der Waals surface area (Å²) in [7, 11) is 1.79. The number of rotatable bonds is 8. The van der Waals surface area contributed by atoms with Gasteiger partial charge in [0, 0.05) is 37.8 Å². The highest BCUT2D eigenvalue weighted by Crippen LogP contribution is 2.19. The Morgan fingerprint density at radius 3 is 2.59 bits per heavy atom. The van der Waals surface area contributed by atoms with Gasteiger partial charge >= 0.3 is 0 Å². The van der Waals surface area contributed by atoms with Crippen LogP contribution in [0.15, 0.2) is 53.1 Å². The molecule has 3 rings (SSSR count). The summed E-state index contributed by atoms with van der Waals surface area (Å²) >= 11 is 0. The van der Waals surface area contributed by atoms with Gasteiger partial charge in [-0.15, -0.1) is 0 Å². The molecule has 1 aromatic carbocycles. The van der Waals surface area contributed by atoms with Crippen molar-refractivity contribution >= 4 is 11.8 Å². The Hall–Kier alpha value is -3.35. The first-order valence-electron chi connectivity index (χ1n) is 9.63. The van der Waals surface area contributed by atoms with E-state index in [0.717, 1.165) is 22.6 Å². The van der Waals surface area contributed by atoms with E-state index < -0.39 is 0 Å². The fourth-order valence-electron chi connectivity index (χ4n) is 3.18. The summed E-state index contributed by atoms with van der Waals surface area (Å²) in [4.78, 5) is 26.0. The highest BCUT2D eigenvalue weighted by molar-refractivity contribution is 5.91. The maximum absolute atomic E-state index is 12.5. The van der Waals surface area contributed by atoms with Crippen molar-refractivity contribution in [1.29, 1.82) is 0 Å². The van der Waals surface area contributed by atoms with Gasteiger partial charge in [-0.1, -0.05) is 18.2 Å². The number of aromatic nitrogens is 2. The first-order chi connectivity index (χ1) is 14.0. The fraction of sp³-hybridized carbons (Fsp3) is 0.318. The van der Waals surface area contributed by atoms with Gasteiger partial charge in [0.2, 0.25) is 5.91 Å². The average Bonchev–Trinajstić information content (AvgIpc) is 3.36. The second-order valence-corrected chi connectivity index (χ2v) is 6.98. The van der Waals surface area contributed by atoms with Gasteiger partial charge in [0.05, 0.1) is 17.6 Å². The Bertz CT molecular complexity index is 962. The smallest absolute Gasteiger partial charge is 0.286 e. The number of nitrogens with zero attached hydrogens (tertiary/aromatic N) is 3. The standard InChI is InChI=1S/C22H26N4O3/c1-16-19(17(2)26(24-16)18-9-5-4-6-10-18)15-25(3)21(27)12-7-13-23-22(28)20-11-8-14-29-20/h4-6,8-11,14H,7,12-13,15H2,1-3H3,(H,23,28). The summed E-state index contributed by atoms with van der Waals surface area (Å²) in [6, 6.07) is 13.2. The maximum atomic E-state index is 12.5. The van der Waals surface area contributed by atoms with Crippen molar-refractivity contribution in [3.05, 3.63) is 71.4 Å². The molecule has 0 saturated carbocycles. The molecule has 0 unspecified atom stereocenters. The van der Waals surface area contributed by atoms with Crippen molar-refractivity contribution < 1.29 is 14.0 Å². The van der Waals surface area contributed by atoms with Crippen LogP contribution in [-0.4, -0.2) is 40.1 Å². The molecular formula is C22H26N4O3. The van der Waals surface area contributed by atoms with Crippen molar-refractivity contribution in [3.8, 4) is 5.69 Å². The van der Waals surface area contributed by atoms with Gasteiger partial charge in [0.15, 0.2) is 5.76 Å². The van der Waals surface area contributed by atoms with Crippen LogP contribution in [0.25, 0.3) is 5.69 Å². The van der Waals surface area contributed by atoms with Gasteiger partial charge in [-0.25, -0.2) is 4.68 Å². The first-order valence-corrected chi connectivity index (χ1v) is 9.63. The molecule has 3 aromatic rings. The van der Waals surface area contributed by atoms with Crippen molar-refractivity contribution in [2.75, 3.05) is 13.6 Å². The number of nitrogens with one attached hydrogen (secondary N) is 1. The molecule has 0 atom stereocenters. The minimum Gasteiger partial charge on any atom is -0.459 e. The van der Waals surface area contributed by atoms with Crippen LogP contribution in [-0.2, 0) is 11.3 Å². The van der Waals surface area contributed by atoms with Gasteiger partial charge in [-0.05, 0) is 44.5 Å². The number of carbonyl (C=O) groups excluding carboxylic acids is 2. The molecule has 7 nitrogen and oxygen atoms in total. The van der Waals surface area contributed by atoms with Crippen molar-refractivity contribution in [2.24, 2.45) is 0 Å². The number of carbonyl (C=O) groups is 2. The third-order valence-electron chi connectivity index (χ3n) is 4.86. The molecule has 152 valence electrons. The predicted octanol–water partition coefficient (Wildman–Crippen LogP) is 3.25. The zero-order valence-corrected chi connectivity index (χ0v) is 17.0. The highest BCUT2D eigenvalue weighted by atomic mass is 16.3. The number of furan rings is 1. The highest BCUT2D eigenvalue weighted by Gasteiger charge is 2.17. The Labute approximate surface area is 170 Å². The average molecular weight is 394 g/mol. The summed E-state index contributed by atoms with van der Waals surface area (Å²) in [5, 5.41) is 7.39. The number of hydrogen-bond donors (Lipinski definition) is 1. The number of benzene rings is 1. The molecule has 0 saturated heterocycles. The van der Waals surface area contributed by atoms with Crippen LogP contribution in [0, 0.1) is 13.8 Å². The lowest BCUT2D eigenvalue weighted by Gasteiger charge is -2.17. The Morgan fingerprint density at radius 2 is 1.90 bits per heavy atom. The van der Waals surface area contributed by atoms with Gasteiger partial charge < -0.3 is 14.6 Å². The number of hydrogen-bond acceptors (Lipinski definition) is 4. The molecule has 7 heteroatoms. The van der Waals surface area contributed by atoms with Crippen molar-refractivity contribution in [3.63, 3.8) is 0 Å². The fourth-order valence-corrected chi connectivity index (χ4v) is 3.18. The lowest BCUT2D eigenvalue weighted by Crippen LogP contribution is -2.29. The van der Waals surface area contributed by atoms with Crippen LogP contribution < -0.4 is 5.32 Å². The Kier molecular flexibility index (Phi) is 6.49. The molecule has 0 aliphatic heterocycles. The largest absolute Gasteiger partial charge is 0.459 e. The first kappa shape index (κ1) is 20.4. The third-order valence-corrected chi connectivity index (χ3v) is 4.86. The lowest BCUT2D eigenvalue weighted by atomic mass is 10.1.